The van der Waals surface area contributed by atoms with Crippen LogP contribution in [0.4, 0.5) is 11.4 Å². The van der Waals surface area contributed by atoms with Gasteiger partial charge >= 0.3 is 0 Å². The quantitative estimate of drug-likeness (QED) is 0.745. The summed E-state index contributed by atoms with van der Waals surface area (Å²) in [5, 5.41) is 0. The fourth-order valence-electron chi connectivity index (χ4n) is 2.73. The van der Waals surface area contributed by atoms with Crippen LogP contribution in [-0.4, -0.2) is 42.7 Å². The van der Waals surface area contributed by atoms with Crippen molar-refractivity contribution in [2.24, 2.45) is 0 Å². The third-order valence-electron chi connectivity index (χ3n) is 4.11. The van der Waals surface area contributed by atoms with E-state index in [1.807, 2.05) is 0 Å². The van der Waals surface area contributed by atoms with Gasteiger partial charge < -0.3 is 9.47 Å². The molecule has 1 N–H and O–H groups in total. The van der Waals surface area contributed by atoms with Gasteiger partial charge in [-0.25, -0.2) is 21.1 Å². The lowest BCUT2D eigenvalue weighted by atomic mass is 10.3. The number of ether oxygens (including phenoxy) is 2. The summed E-state index contributed by atoms with van der Waals surface area (Å²) in [5.41, 5.74) is 0.281. The van der Waals surface area contributed by atoms with Gasteiger partial charge in [-0.2, -0.15) is 0 Å². The lowest BCUT2D eigenvalue weighted by Crippen LogP contribution is -2.29. The highest BCUT2D eigenvalue weighted by Crippen LogP contribution is 2.31. The number of hydrogen-bond acceptors (Lipinski definition) is 7. The first kappa shape index (κ1) is 20.0. The molecule has 1 saturated heterocycles. The van der Waals surface area contributed by atoms with Crippen molar-refractivity contribution in [3.63, 3.8) is 0 Å². The van der Waals surface area contributed by atoms with E-state index in [4.69, 9.17) is 9.47 Å². The Bertz CT molecular complexity index is 1110. The number of carbonyl (C=O) groups excluding carboxylic acids is 1. The van der Waals surface area contributed by atoms with Crippen molar-refractivity contribution in [1.82, 2.24) is 0 Å². The molecule has 3 rings (SSSR count). The molecule has 0 radical (unpaired) electrons. The molecule has 0 aliphatic carbocycles. The summed E-state index contributed by atoms with van der Waals surface area (Å²) < 4.78 is 62.7. The van der Waals surface area contributed by atoms with Crippen LogP contribution in [0.2, 0.25) is 0 Å². The number of anilines is 2. The molecule has 150 valence electrons. The normalized spacial score (nSPS) is 16.1. The predicted octanol–water partition coefficient (Wildman–Crippen LogP) is 1.57. The summed E-state index contributed by atoms with van der Waals surface area (Å²) in [7, 11) is -4.85. The molecule has 2 aromatic rings. The largest absolute Gasteiger partial charge is 0.497 e. The number of methoxy groups -OCH3 is 2. The first-order chi connectivity index (χ1) is 13.2. The van der Waals surface area contributed by atoms with Crippen molar-refractivity contribution in [2.75, 3.05) is 29.0 Å². The van der Waals surface area contributed by atoms with Crippen LogP contribution >= 0.6 is 0 Å². The standard InChI is InChI=1S/C17H18N2O7S2/c1-25-13-5-8-16(26-2)15(11-13)18-28(23,24)14-6-3-12(4-7-14)19-17(20)9-10-27(19,21)22/h3-8,11,18H,9-10H2,1-2H3. The van der Waals surface area contributed by atoms with Gasteiger partial charge in [0.1, 0.15) is 11.5 Å². The van der Waals surface area contributed by atoms with Crippen molar-refractivity contribution in [1.29, 1.82) is 0 Å². The molecule has 1 heterocycles. The number of nitrogens with zero attached hydrogens (tertiary/aromatic N) is 1. The Hall–Kier alpha value is -2.79. The average molecular weight is 426 g/mol. The van der Waals surface area contributed by atoms with Gasteiger partial charge in [0.25, 0.3) is 10.0 Å². The summed E-state index contributed by atoms with van der Waals surface area (Å²) in [4.78, 5) is 11.7. The molecule has 0 unspecified atom stereocenters. The number of hydrogen-bond donors (Lipinski definition) is 1. The van der Waals surface area contributed by atoms with Gasteiger partial charge in [-0.1, -0.05) is 0 Å². The molecule has 28 heavy (non-hydrogen) atoms. The Morgan fingerprint density at radius 2 is 1.71 bits per heavy atom. The summed E-state index contributed by atoms with van der Waals surface area (Å²) in [6.07, 6.45) is -0.0976. The van der Waals surface area contributed by atoms with Crippen molar-refractivity contribution >= 4 is 37.3 Å². The molecule has 0 bridgehead atoms. The summed E-state index contributed by atoms with van der Waals surface area (Å²) in [6.45, 7) is 0. The smallest absolute Gasteiger partial charge is 0.262 e. The van der Waals surface area contributed by atoms with Gasteiger partial charge in [0.15, 0.2) is 0 Å². The number of nitrogens with one attached hydrogen (secondary N) is 1. The third-order valence-corrected chi connectivity index (χ3v) is 7.18. The van der Waals surface area contributed by atoms with Gasteiger partial charge in [-0.15, -0.1) is 0 Å². The topological polar surface area (TPSA) is 119 Å². The zero-order valence-corrected chi connectivity index (χ0v) is 16.7. The molecular formula is C17H18N2O7S2. The van der Waals surface area contributed by atoms with Crippen molar-refractivity contribution in [2.45, 2.75) is 11.3 Å². The van der Waals surface area contributed by atoms with Crippen LogP contribution in [0.5, 0.6) is 11.5 Å². The second-order valence-electron chi connectivity index (χ2n) is 5.89. The van der Waals surface area contributed by atoms with Crippen LogP contribution in [0.3, 0.4) is 0 Å². The highest BCUT2D eigenvalue weighted by atomic mass is 32.2. The SMILES string of the molecule is COc1ccc(OC)c(NS(=O)(=O)c2ccc(N3C(=O)CCS3(=O)=O)cc2)c1. The van der Waals surface area contributed by atoms with E-state index in [2.05, 4.69) is 4.72 Å². The molecular weight excluding hydrogens is 408 g/mol. The van der Waals surface area contributed by atoms with Crippen LogP contribution < -0.4 is 18.5 Å². The molecule has 1 aliphatic heterocycles. The molecule has 1 aliphatic rings. The van der Waals surface area contributed by atoms with Gasteiger partial charge in [-0.05, 0) is 36.4 Å². The molecule has 9 nitrogen and oxygen atoms in total. The zero-order chi connectivity index (χ0) is 20.5. The molecule has 1 fully saturated rings. The molecule has 11 heteroatoms. The number of rotatable bonds is 6. The first-order valence-electron chi connectivity index (χ1n) is 8.09. The molecule has 0 atom stereocenters. The maximum atomic E-state index is 12.7. The van der Waals surface area contributed by atoms with Crippen LogP contribution in [0, 0.1) is 0 Å². The molecule has 0 saturated carbocycles. The maximum absolute atomic E-state index is 12.7. The fraction of sp³-hybridized carbons (Fsp3) is 0.235. The molecule has 0 spiro atoms. The second kappa shape index (κ2) is 7.32. The Morgan fingerprint density at radius 1 is 1.04 bits per heavy atom. The fourth-order valence-corrected chi connectivity index (χ4v) is 5.25. The van der Waals surface area contributed by atoms with E-state index >= 15 is 0 Å². The van der Waals surface area contributed by atoms with E-state index in [9.17, 15) is 21.6 Å². The van der Waals surface area contributed by atoms with Crippen molar-refractivity contribution in [3.05, 3.63) is 42.5 Å². The lowest BCUT2D eigenvalue weighted by Gasteiger charge is -2.16. The minimum Gasteiger partial charge on any atom is -0.497 e. The summed E-state index contributed by atoms with van der Waals surface area (Å²) in [6, 6.07) is 9.66. The van der Waals surface area contributed by atoms with Gasteiger partial charge in [0, 0.05) is 12.5 Å². The monoisotopic (exact) mass is 426 g/mol. The van der Waals surface area contributed by atoms with E-state index in [-0.39, 0.29) is 28.4 Å². The van der Waals surface area contributed by atoms with Crippen LogP contribution in [0.1, 0.15) is 6.42 Å². The Balaban J connectivity index is 1.90. The van der Waals surface area contributed by atoms with Gasteiger partial charge in [-0.3, -0.25) is 9.52 Å². The Kier molecular flexibility index (Phi) is 5.22. The average Bonchev–Trinajstić information content (AvgIpc) is 2.94. The van der Waals surface area contributed by atoms with Crippen LogP contribution in [-0.2, 0) is 24.8 Å². The van der Waals surface area contributed by atoms with E-state index in [1.165, 1.54) is 44.6 Å². The summed E-state index contributed by atoms with van der Waals surface area (Å²) >= 11 is 0. The number of amides is 1. The van der Waals surface area contributed by atoms with Crippen molar-refractivity contribution in [3.8, 4) is 11.5 Å². The Labute approximate surface area is 163 Å². The minimum absolute atomic E-state index is 0.0976. The summed E-state index contributed by atoms with van der Waals surface area (Å²) in [5.74, 6) is -0.0699. The van der Waals surface area contributed by atoms with E-state index in [1.54, 1.807) is 12.1 Å². The highest BCUT2D eigenvalue weighted by molar-refractivity contribution is 7.94. The predicted molar refractivity (Wildman–Crippen MR) is 103 cm³/mol. The van der Waals surface area contributed by atoms with E-state index in [0.717, 1.165) is 0 Å². The molecule has 1 amide bonds. The van der Waals surface area contributed by atoms with E-state index < -0.39 is 26.0 Å². The number of carbonyl (C=O) groups is 1. The van der Waals surface area contributed by atoms with Gasteiger partial charge in [0.2, 0.25) is 15.9 Å². The zero-order valence-electron chi connectivity index (χ0n) is 15.1. The number of benzene rings is 2. The molecule has 0 aromatic heterocycles. The number of sulfonamides is 2. The Morgan fingerprint density at radius 3 is 2.25 bits per heavy atom. The minimum atomic E-state index is -3.99. The second-order valence-corrected chi connectivity index (χ2v) is 9.51. The first-order valence-corrected chi connectivity index (χ1v) is 11.2. The van der Waals surface area contributed by atoms with E-state index in [0.29, 0.717) is 15.8 Å². The lowest BCUT2D eigenvalue weighted by molar-refractivity contribution is -0.116. The van der Waals surface area contributed by atoms with Crippen molar-refractivity contribution < 1.29 is 31.1 Å². The van der Waals surface area contributed by atoms with Crippen LogP contribution in [0.15, 0.2) is 47.4 Å². The van der Waals surface area contributed by atoms with Gasteiger partial charge in [0.05, 0.1) is 36.2 Å². The highest BCUT2D eigenvalue weighted by Gasteiger charge is 2.36. The maximum Gasteiger partial charge on any atom is 0.262 e. The van der Waals surface area contributed by atoms with Crippen LogP contribution in [0.25, 0.3) is 0 Å². The molecule has 2 aromatic carbocycles. The third kappa shape index (κ3) is 3.76.